The van der Waals surface area contributed by atoms with Crippen molar-refractivity contribution in [2.45, 2.75) is 6.54 Å². The van der Waals surface area contributed by atoms with E-state index in [9.17, 15) is 0 Å². The predicted octanol–water partition coefficient (Wildman–Crippen LogP) is 4.32. The van der Waals surface area contributed by atoms with Gasteiger partial charge in [-0.2, -0.15) is 0 Å². The van der Waals surface area contributed by atoms with Crippen molar-refractivity contribution >= 4 is 28.9 Å². The van der Waals surface area contributed by atoms with E-state index in [-0.39, 0.29) is 0 Å². The van der Waals surface area contributed by atoms with Gasteiger partial charge in [0.05, 0.1) is 0 Å². The lowest BCUT2D eigenvalue weighted by Crippen LogP contribution is -2.45. The van der Waals surface area contributed by atoms with Crippen LogP contribution in [0.3, 0.4) is 0 Å². The largest absolute Gasteiger partial charge is 0.369 e. The third-order valence-corrected chi connectivity index (χ3v) is 4.39. The Morgan fingerprint density at radius 2 is 1.24 bits per heavy atom. The van der Waals surface area contributed by atoms with E-state index in [1.54, 1.807) is 0 Å². The molecular formula is C17H18Cl2N2. The smallest absolute Gasteiger partial charge is 0.0407 e. The highest BCUT2D eigenvalue weighted by Crippen LogP contribution is 2.20. The molecule has 0 radical (unpaired) electrons. The number of hydrogen-bond acceptors (Lipinski definition) is 2. The number of anilines is 1. The third-order valence-electron chi connectivity index (χ3n) is 3.88. The first-order valence-electron chi connectivity index (χ1n) is 7.18. The Morgan fingerprint density at radius 3 is 1.81 bits per heavy atom. The van der Waals surface area contributed by atoms with Crippen molar-refractivity contribution in [2.24, 2.45) is 0 Å². The van der Waals surface area contributed by atoms with Crippen LogP contribution in [0.1, 0.15) is 5.56 Å². The maximum atomic E-state index is 5.94. The monoisotopic (exact) mass is 320 g/mol. The zero-order chi connectivity index (χ0) is 14.7. The Balaban J connectivity index is 1.55. The number of halogens is 2. The normalized spacial score (nSPS) is 16.2. The zero-order valence-electron chi connectivity index (χ0n) is 11.8. The van der Waals surface area contributed by atoms with Gasteiger partial charge in [-0.25, -0.2) is 0 Å². The molecule has 0 N–H and O–H groups in total. The fourth-order valence-corrected chi connectivity index (χ4v) is 2.92. The van der Waals surface area contributed by atoms with Crippen LogP contribution in [0.15, 0.2) is 48.5 Å². The molecule has 2 aromatic rings. The van der Waals surface area contributed by atoms with Gasteiger partial charge in [-0.3, -0.25) is 4.90 Å². The number of rotatable bonds is 3. The Hall–Kier alpha value is -1.22. The highest BCUT2D eigenvalue weighted by Gasteiger charge is 2.17. The Kier molecular flexibility index (Phi) is 4.69. The minimum Gasteiger partial charge on any atom is -0.369 e. The van der Waals surface area contributed by atoms with Crippen LogP contribution in [-0.2, 0) is 6.54 Å². The van der Waals surface area contributed by atoms with Crippen LogP contribution < -0.4 is 4.90 Å². The van der Waals surface area contributed by atoms with E-state index >= 15 is 0 Å². The number of hydrogen-bond donors (Lipinski definition) is 0. The molecule has 1 aliphatic rings. The maximum absolute atomic E-state index is 5.94. The molecule has 1 saturated heterocycles. The van der Waals surface area contributed by atoms with Crippen LogP contribution in [0, 0.1) is 0 Å². The molecule has 0 aliphatic carbocycles. The van der Waals surface area contributed by atoms with E-state index in [0.29, 0.717) is 0 Å². The second-order valence-electron chi connectivity index (χ2n) is 5.37. The van der Waals surface area contributed by atoms with Crippen LogP contribution in [0.4, 0.5) is 5.69 Å². The standard InChI is InChI=1S/C17H18Cl2N2/c18-15-3-1-14(2-4-15)13-20-9-11-21(12-10-20)17-7-5-16(19)6-8-17/h1-8H,9-13H2. The van der Waals surface area contributed by atoms with Gasteiger partial charge in [-0.1, -0.05) is 35.3 Å². The van der Waals surface area contributed by atoms with Crippen molar-refractivity contribution in [3.63, 3.8) is 0 Å². The number of piperazine rings is 1. The lowest BCUT2D eigenvalue weighted by Gasteiger charge is -2.36. The first-order valence-corrected chi connectivity index (χ1v) is 7.93. The highest BCUT2D eigenvalue weighted by molar-refractivity contribution is 6.30. The van der Waals surface area contributed by atoms with Gasteiger partial charge in [0.2, 0.25) is 0 Å². The van der Waals surface area contributed by atoms with Crippen molar-refractivity contribution in [3.05, 3.63) is 64.1 Å². The van der Waals surface area contributed by atoms with Crippen LogP contribution in [0.25, 0.3) is 0 Å². The summed E-state index contributed by atoms with van der Waals surface area (Å²) < 4.78 is 0. The molecule has 0 amide bonds. The lowest BCUT2D eigenvalue weighted by atomic mass is 10.2. The summed E-state index contributed by atoms with van der Waals surface area (Å²) in [6, 6.07) is 16.2. The summed E-state index contributed by atoms with van der Waals surface area (Å²) >= 11 is 11.9. The molecule has 0 atom stereocenters. The Morgan fingerprint density at radius 1 is 0.714 bits per heavy atom. The second kappa shape index (κ2) is 6.69. The van der Waals surface area contributed by atoms with Crippen LogP contribution >= 0.6 is 23.2 Å². The first-order chi connectivity index (χ1) is 10.2. The van der Waals surface area contributed by atoms with E-state index in [1.165, 1.54) is 11.3 Å². The summed E-state index contributed by atoms with van der Waals surface area (Å²) in [5, 5.41) is 1.59. The molecule has 1 aliphatic heterocycles. The summed E-state index contributed by atoms with van der Waals surface area (Å²) in [7, 11) is 0. The molecule has 0 saturated carbocycles. The molecule has 4 heteroatoms. The molecule has 0 bridgehead atoms. The molecule has 0 spiro atoms. The molecule has 2 nitrogen and oxygen atoms in total. The van der Waals surface area contributed by atoms with Crippen molar-refractivity contribution in [3.8, 4) is 0 Å². The zero-order valence-corrected chi connectivity index (χ0v) is 13.3. The molecule has 0 unspecified atom stereocenters. The molecular weight excluding hydrogens is 303 g/mol. The van der Waals surface area contributed by atoms with Gasteiger partial charge in [0, 0.05) is 48.5 Å². The summed E-state index contributed by atoms with van der Waals surface area (Å²) in [6.45, 7) is 5.24. The van der Waals surface area contributed by atoms with Gasteiger partial charge in [-0.15, -0.1) is 0 Å². The maximum Gasteiger partial charge on any atom is 0.0407 e. The summed E-state index contributed by atoms with van der Waals surface area (Å²) in [5.41, 5.74) is 2.57. The van der Waals surface area contributed by atoms with E-state index in [0.717, 1.165) is 42.8 Å². The summed E-state index contributed by atoms with van der Waals surface area (Å²) in [5.74, 6) is 0. The molecule has 0 aromatic heterocycles. The average Bonchev–Trinajstić information content (AvgIpc) is 2.51. The van der Waals surface area contributed by atoms with Crippen molar-refractivity contribution in [1.82, 2.24) is 4.90 Å². The average molecular weight is 321 g/mol. The fraction of sp³-hybridized carbons (Fsp3) is 0.294. The van der Waals surface area contributed by atoms with E-state index in [1.807, 2.05) is 24.3 Å². The van der Waals surface area contributed by atoms with Gasteiger partial charge in [0.1, 0.15) is 0 Å². The van der Waals surface area contributed by atoms with Gasteiger partial charge in [-0.05, 0) is 42.0 Å². The molecule has 110 valence electrons. The Bertz CT molecular complexity index is 573. The molecule has 3 rings (SSSR count). The van der Waals surface area contributed by atoms with Gasteiger partial charge < -0.3 is 4.90 Å². The quantitative estimate of drug-likeness (QED) is 0.831. The van der Waals surface area contributed by atoms with E-state index in [4.69, 9.17) is 23.2 Å². The minimum absolute atomic E-state index is 0.792. The highest BCUT2D eigenvalue weighted by atomic mass is 35.5. The fourth-order valence-electron chi connectivity index (χ4n) is 2.66. The van der Waals surface area contributed by atoms with Crippen molar-refractivity contribution in [1.29, 1.82) is 0 Å². The van der Waals surface area contributed by atoms with Crippen LogP contribution in [0.2, 0.25) is 10.0 Å². The SMILES string of the molecule is Clc1ccc(CN2CCN(c3ccc(Cl)cc3)CC2)cc1. The second-order valence-corrected chi connectivity index (χ2v) is 6.24. The summed E-state index contributed by atoms with van der Waals surface area (Å²) in [4.78, 5) is 4.89. The van der Waals surface area contributed by atoms with Crippen molar-refractivity contribution < 1.29 is 0 Å². The Labute approximate surface area is 135 Å². The minimum atomic E-state index is 0.792. The molecule has 21 heavy (non-hydrogen) atoms. The molecule has 2 aromatic carbocycles. The van der Waals surface area contributed by atoms with E-state index in [2.05, 4.69) is 34.1 Å². The van der Waals surface area contributed by atoms with Crippen molar-refractivity contribution in [2.75, 3.05) is 31.1 Å². The first kappa shape index (κ1) is 14.7. The van der Waals surface area contributed by atoms with Gasteiger partial charge in [0.25, 0.3) is 0 Å². The van der Waals surface area contributed by atoms with Crippen LogP contribution in [0.5, 0.6) is 0 Å². The predicted molar refractivity (Wildman–Crippen MR) is 90.4 cm³/mol. The molecule has 1 fully saturated rings. The number of benzene rings is 2. The van der Waals surface area contributed by atoms with Gasteiger partial charge in [0.15, 0.2) is 0 Å². The van der Waals surface area contributed by atoms with Crippen LogP contribution in [-0.4, -0.2) is 31.1 Å². The lowest BCUT2D eigenvalue weighted by molar-refractivity contribution is 0.250. The topological polar surface area (TPSA) is 6.48 Å². The third kappa shape index (κ3) is 3.91. The molecule has 1 heterocycles. The summed E-state index contributed by atoms with van der Waals surface area (Å²) in [6.07, 6.45) is 0. The van der Waals surface area contributed by atoms with Gasteiger partial charge >= 0.3 is 0 Å². The van der Waals surface area contributed by atoms with E-state index < -0.39 is 0 Å². The number of nitrogens with zero attached hydrogens (tertiary/aromatic N) is 2.